The smallest absolute Gasteiger partial charge is 0.362 e. The zero-order valence-electron chi connectivity index (χ0n) is 40.3. The number of rotatable bonds is 43. The van der Waals surface area contributed by atoms with Gasteiger partial charge in [-0.25, -0.2) is 4.79 Å². The van der Waals surface area contributed by atoms with E-state index in [0.29, 0.717) is 25.7 Å². The molecule has 0 saturated heterocycles. The molecule has 1 N–H and O–H groups in total. The summed E-state index contributed by atoms with van der Waals surface area (Å²) in [5.41, 5.74) is 0. The third-order valence-electron chi connectivity index (χ3n) is 10.5. The highest BCUT2D eigenvalue weighted by Crippen LogP contribution is 2.14. The van der Waals surface area contributed by atoms with E-state index in [4.69, 9.17) is 14.2 Å². The van der Waals surface area contributed by atoms with Crippen LogP contribution in [0, 0.1) is 0 Å². The van der Waals surface area contributed by atoms with Gasteiger partial charge in [0.25, 0.3) is 0 Å². The number of unbranched alkanes of at least 4 members (excludes halogenated alkanes) is 15. The zero-order valence-corrected chi connectivity index (χ0v) is 40.3. The predicted molar refractivity (Wildman–Crippen MR) is 261 cm³/mol. The summed E-state index contributed by atoms with van der Waals surface area (Å²) < 4.78 is 17.3. The van der Waals surface area contributed by atoms with Crippen LogP contribution in [0.25, 0.3) is 0 Å². The van der Waals surface area contributed by atoms with Gasteiger partial charge in [-0.1, -0.05) is 163 Å². The first-order valence-electron chi connectivity index (χ1n) is 24.6. The molecule has 2 atom stereocenters. The van der Waals surface area contributed by atoms with Gasteiger partial charge in [0, 0.05) is 19.3 Å². The van der Waals surface area contributed by atoms with Crippen molar-refractivity contribution in [2.24, 2.45) is 0 Å². The molecule has 0 bridgehead atoms. The Morgan fingerprint density at radius 3 is 1.39 bits per heavy atom. The normalized spacial score (nSPS) is 13.6. The molecule has 0 amide bonds. The number of carboxylic acid groups (broad SMARTS) is 1. The highest BCUT2D eigenvalue weighted by molar-refractivity contribution is 5.72. The number of carbonyl (C=O) groups is 3. The molecule has 0 aliphatic rings. The van der Waals surface area contributed by atoms with E-state index in [9.17, 15) is 19.5 Å². The standard InChI is InChI=1S/C54H91NO7/c1-6-8-10-12-14-16-18-20-22-24-25-26-27-29-30-32-34-36-38-40-42-44-52(56)61-49-50(48-60-47-46-51(54(58)59)55(3,4)5)62-53(57)45-43-41-39-37-35-33-31-28-23-21-19-17-15-13-11-9-7-2/h8,10,14,16,20-23,25-26,29-30,34,36,50-51H,6-7,9,11-13,15,17-19,24,27-28,31-33,35,37-49H2,1-5H3/p+1/b10-8+,16-14+,22-20+,23-21+,26-25+,30-29+,36-34+. The van der Waals surface area contributed by atoms with E-state index in [1.807, 2.05) is 21.1 Å². The van der Waals surface area contributed by atoms with Crippen LogP contribution in [0.4, 0.5) is 0 Å². The third-order valence-corrected chi connectivity index (χ3v) is 10.5. The molecule has 62 heavy (non-hydrogen) atoms. The molecule has 0 saturated carbocycles. The Balaban J connectivity index is 4.38. The second-order valence-electron chi connectivity index (χ2n) is 17.3. The largest absolute Gasteiger partial charge is 0.477 e. The average molecular weight is 867 g/mol. The van der Waals surface area contributed by atoms with Gasteiger partial charge in [-0.2, -0.15) is 0 Å². The highest BCUT2D eigenvalue weighted by atomic mass is 16.6. The van der Waals surface area contributed by atoms with Crippen LogP contribution >= 0.6 is 0 Å². The number of quaternary nitrogens is 1. The van der Waals surface area contributed by atoms with Crippen molar-refractivity contribution in [2.45, 2.75) is 199 Å². The van der Waals surface area contributed by atoms with Crippen LogP contribution in [0.3, 0.4) is 0 Å². The van der Waals surface area contributed by atoms with E-state index < -0.39 is 18.1 Å². The summed E-state index contributed by atoms with van der Waals surface area (Å²) in [6.45, 7) is 4.56. The molecule has 0 radical (unpaired) electrons. The predicted octanol–water partition coefficient (Wildman–Crippen LogP) is 14.1. The van der Waals surface area contributed by atoms with Crippen LogP contribution in [-0.2, 0) is 28.6 Å². The number of carboxylic acids is 1. The Bertz CT molecular complexity index is 1290. The van der Waals surface area contributed by atoms with Gasteiger partial charge < -0.3 is 23.8 Å². The maximum absolute atomic E-state index is 12.8. The number of nitrogens with zero attached hydrogens (tertiary/aromatic N) is 1. The number of hydrogen-bond donors (Lipinski definition) is 1. The molecule has 2 unspecified atom stereocenters. The summed E-state index contributed by atoms with van der Waals surface area (Å²) in [7, 11) is 5.51. The molecule has 0 heterocycles. The summed E-state index contributed by atoms with van der Waals surface area (Å²) in [6.07, 6.45) is 57.7. The summed E-state index contributed by atoms with van der Waals surface area (Å²) in [6, 6.07) is -0.627. The summed E-state index contributed by atoms with van der Waals surface area (Å²) in [5.74, 6) is -1.53. The molecule has 0 aromatic rings. The van der Waals surface area contributed by atoms with E-state index in [0.717, 1.165) is 70.6 Å². The molecule has 354 valence electrons. The van der Waals surface area contributed by atoms with E-state index in [1.54, 1.807) is 0 Å². The van der Waals surface area contributed by atoms with Gasteiger partial charge in [-0.15, -0.1) is 0 Å². The summed E-state index contributed by atoms with van der Waals surface area (Å²) >= 11 is 0. The quantitative estimate of drug-likeness (QED) is 0.0282. The lowest BCUT2D eigenvalue weighted by Gasteiger charge is -2.31. The monoisotopic (exact) mass is 867 g/mol. The first-order valence-corrected chi connectivity index (χ1v) is 24.6. The Hall–Kier alpha value is -3.49. The van der Waals surface area contributed by atoms with Crippen LogP contribution < -0.4 is 0 Å². The average Bonchev–Trinajstić information content (AvgIpc) is 3.23. The molecule has 8 nitrogen and oxygen atoms in total. The minimum Gasteiger partial charge on any atom is -0.477 e. The lowest BCUT2D eigenvalue weighted by Crippen LogP contribution is -2.50. The second-order valence-corrected chi connectivity index (χ2v) is 17.3. The number of esters is 2. The maximum atomic E-state index is 12.8. The van der Waals surface area contributed by atoms with Crippen LogP contribution in [0.1, 0.15) is 187 Å². The summed E-state index contributed by atoms with van der Waals surface area (Å²) in [4.78, 5) is 37.1. The van der Waals surface area contributed by atoms with E-state index in [1.165, 1.54) is 77.0 Å². The molecular weight excluding hydrogens is 775 g/mol. The van der Waals surface area contributed by atoms with E-state index in [2.05, 4.69) is 98.9 Å². The number of hydrogen-bond acceptors (Lipinski definition) is 6. The second kappa shape index (κ2) is 44.1. The Labute approximate surface area is 380 Å². The Kier molecular flexibility index (Phi) is 41.6. The minimum absolute atomic E-state index is 0.0411. The fourth-order valence-electron chi connectivity index (χ4n) is 6.74. The van der Waals surface area contributed by atoms with Gasteiger partial charge >= 0.3 is 17.9 Å². The van der Waals surface area contributed by atoms with Gasteiger partial charge in [0.2, 0.25) is 0 Å². The van der Waals surface area contributed by atoms with Gasteiger partial charge in [0.1, 0.15) is 6.61 Å². The number of aliphatic carboxylic acids is 1. The van der Waals surface area contributed by atoms with Gasteiger partial charge in [-0.3, -0.25) is 9.59 Å². The number of carbonyl (C=O) groups excluding carboxylic acids is 2. The van der Waals surface area contributed by atoms with Crippen LogP contribution in [-0.4, -0.2) is 80.6 Å². The Morgan fingerprint density at radius 2 is 0.903 bits per heavy atom. The zero-order chi connectivity index (χ0) is 45.6. The van der Waals surface area contributed by atoms with Gasteiger partial charge in [0.15, 0.2) is 12.1 Å². The molecule has 0 aromatic carbocycles. The molecule has 0 aliphatic heterocycles. The van der Waals surface area contributed by atoms with Crippen LogP contribution in [0.15, 0.2) is 85.1 Å². The van der Waals surface area contributed by atoms with Crippen molar-refractivity contribution in [1.82, 2.24) is 0 Å². The third kappa shape index (κ3) is 41.8. The van der Waals surface area contributed by atoms with Crippen molar-refractivity contribution >= 4 is 17.9 Å². The van der Waals surface area contributed by atoms with Crippen LogP contribution in [0.2, 0.25) is 0 Å². The molecule has 0 spiro atoms. The van der Waals surface area contributed by atoms with Crippen molar-refractivity contribution in [1.29, 1.82) is 0 Å². The van der Waals surface area contributed by atoms with Gasteiger partial charge in [0.05, 0.1) is 34.4 Å². The van der Waals surface area contributed by atoms with Gasteiger partial charge in [-0.05, 0) is 89.9 Å². The Morgan fingerprint density at radius 1 is 0.500 bits per heavy atom. The SMILES string of the molecule is CC/C=C/C/C=C/C/C=C/C/C=C/C/C=C/C/C=C/CCCCC(=O)OCC(COCCC(C(=O)O)[N+](C)(C)C)OC(=O)CCCCCCCCC/C=C/CCCCCCCC. The lowest BCUT2D eigenvalue weighted by atomic mass is 10.1. The molecular formula is C54H92NO7+. The first-order chi connectivity index (χ1) is 30.1. The number of likely N-dealkylation sites (N-methyl/N-ethyl adjacent to an activating group) is 1. The molecule has 0 aromatic heterocycles. The van der Waals surface area contributed by atoms with E-state index >= 15 is 0 Å². The van der Waals surface area contributed by atoms with Crippen molar-refractivity contribution in [3.05, 3.63) is 85.1 Å². The molecule has 0 rings (SSSR count). The topological polar surface area (TPSA) is 99.1 Å². The van der Waals surface area contributed by atoms with Crippen molar-refractivity contribution in [3.63, 3.8) is 0 Å². The fourth-order valence-corrected chi connectivity index (χ4v) is 6.74. The molecule has 8 heteroatoms. The van der Waals surface area contributed by atoms with E-state index in [-0.39, 0.29) is 36.2 Å². The molecule has 0 aliphatic carbocycles. The fraction of sp³-hybridized carbons (Fsp3) is 0.685. The van der Waals surface area contributed by atoms with Crippen molar-refractivity contribution in [3.8, 4) is 0 Å². The van der Waals surface area contributed by atoms with Crippen molar-refractivity contribution in [2.75, 3.05) is 41.0 Å². The number of allylic oxidation sites excluding steroid dienone is 14. The molecule has 0 fully saturated rings. The lowest BCUT2D eigenvalue weighted by molar-refractivity contribution is -0.887. The van der Waals surface area contributed by atoms with Crippen LogP contribution in [0.5, 0.6) is 0 Å². The summed E-state index contributed by atoms with van der Waals surface area (Å²) in [5, 5.41) is 9.64. The first kappa shape index (κ1) is 58.5. The van der Waals surface area contributed by atoms with Crippen molar-refractivity contribution < 1.29 is 38.2 Å². The maximum Gasteiger partial charge on any atom is 0.362 e. The number of ether oxygens (including phenoxy) is 3. The highest BCUT2D eigenvalue weighted by Gasteiger charge is 2.31. The minimum atomic E-state index is -0.884.